The van der Waals surface area contributed by atoms with Crippen molar-refractivity contribution in [2.24, 2.45) is 0 Å². The van der Waals surface area contributed by atoms with E-state index in [-0.39, 0.29) is 17.4 Å². The number of amides is 2. The van der Waals surface area contributed by atoms with Gasteiger partial charge in [0.15, 0.2) is 6.07 Å². The number of esters is 1. The third-order valence-electron chi connectivity index (χ3n) is 2.96. The number of ether oxygens (including phenoxy) is 1. The fraction of sp³-hybridized carbons (Fsp3) is 0.125. The van der Waals surface area contributed by atoms with Crippen molar-refractivity contribution in [2.75, 3.05) is 16.7 Å². The lowest BCUT2D eigenvalue weighted by Gasteiger charge is -2.09. The molecule has 2 rings (SSSR count). The number of nitrogens with one attached hydrogen (secondary N) is 2. The lowest BCUT2D eigenvalue weighted by atomic mass is 10.2. The van der Waals surface area contributed by atoms with Gasteiger partial charge in [0.1, 0.15) is 5.82 Å². The number of halogens is 2. The molecule has 0 aliphatic carbocycles. The van der Waals surface area contributed by atoms with Gasteiger partial charge in [-0.15, -0.1) is 0 Å². The molecule has 2 aromatic carbocycles. The van der Waals surface area contributed by atoms with E-state index in [1.54, 1.807) is 25.1 Å². The van der Waals surface area contributed by atoms with Crippen LogP contribution in [0.15, 0.2) is 42.5 Å². The molecule has 0 saturated heterocycles. The number of carbonyl (C=O) groups is 2. The standard InChI is InChI=1S/C16H14ClFN2O3/c1-10-7-13(5-6-14(10)18)20-16(22)19-12-4-2-3-11(8-12)15(21)23-9-17/h2-8H,9H2,1H3,(H2,19,20,22). The topological polar surface area (TPSA) is 67.4 Å². The van der Waals surface area contributed by atoms with Crippen LogP contribution in [-0.2, 0) is 4.74 Å². The summed E-state index contributed by atoms with van der Waals surface area (Å²) in [5.74, 6) is -0.931. The second kappa shape index (κ2) is 7.60. The summed E-state index contributed by atoms with van der Waals surface area (Å²) in [6.45, 7) is 1.60. The molecule has 2 aromatic rings. The first-order valence-electron chi connectivity index (χ1n) is 6.67. The monoisotopic (exact) mass is 336 g/mol. The molecule has 0 bridgehead atoms. The smallest absolute Gasteiger partial charge is 0.339 e. The molecule has 7 heteroatoms. The summed E-state index contributed by atoms with van der Waals surface area (Å²) < 4.78 is 17.9. The molecule has 0 saturated carbocycles. The predicted octanol–water partition coefficient (Wildman–Crippen LogP) is 4.13. The summed E-state index contributed by atoms with van der Waals surface area (Å²) >= 11 is 5.34. The summed E-state index contributed by atoms with van der Waals surface area (Å²) in [6, 6.07) is 9.70. The van der Waals surface area contributed by atoms with Crippen LogP contribution in [-0.4, -0.2) is 18.1 Å². The van der Waals surface area contributed by atoms with Gasteiger partial charge in [-0.05, 0) is 48.9 Å². The summed E-state index contributed by atoms with van der Waals surface area (Å²) in [5, 5.41) is 5.16. The largest absolute Gasteiger partial charge is 0.446 e. The Balaban J connectivity index is 2.03. The molecule has 23 heavy (non-hydrogen) atoms. The molecule has 0 atom stereocenters. The van der Waals surface area contributed by atoms with Crippen LogP contribution in [0.3, 0.4) is 0 Å². The van der Waals surface area contributed by atoms with Gasteiger partial charge >= 0.3 is 12.0 Å². The minimum absolute atomic E-state index is 0.249. The molecule has 0 aliphatic heterocycles. The molecule has 0 aromatic heterocycles. The number of hydrogen-bond donors (Lipinski definition) is 2. The van der Waals surface area contributed by atoms with Gasteiger partial charge < -0.3 is 15.4 Å². The number of carbonyl (C=O) groups excluding carboxylic acids is 2. The van der Waals surface area contributed by atoms with Crippen LogP contribution in [0.5, 0.6) is 0 Å². The van der Waals surface area contributed by atoms with Crippen LogP contribution in [0, 0.1) is 12.7 Å². The maximum Gasteiger partial charge on any atom is 0.339 e. The Kier molecular flexibility index (Phi) is 5.54. The third-order valence-corrected chi connectivity index (χ3v) is 3.07. The molecule has 0 heterocycles. The molecule has 0 fully saturated rings. The average Bonchev–Trinajstić information content (AvgIpc) is 2.51. The van der Waals surface area contributed by atoms with Gasteiger partial charge in [-0.3, -0.25) is 0 Å². The number of anilines is 2. The second-order valence-electron chi connectivity index (χ2n) is 4.66. The zero-order chi connectivity index (χ0) is 16.8. The number of rotatable bonds is 4. The van der Waals surface area contributed by atoms with E-state index < -0.39 is 12.0 Å². The van der Waals surface area contributed by atoms with Crippen molar-refractivity contribution in [1.29, 1.82) is 0 Å². The van der Waals surface area contributed by atoms with Crippen molar-refractivity contribution >= 4 is 35.0 Å². The lowest BCUT2D eigenvalue weighted by molar-refractivity contribution is 0.0574. The Labute approximate surface area is 137 Å². The van der Waals surface area contributed by atoms with Gasteiger partial charge in [-0.1, -0.05) is 17.7 Å². The zero-order valence-corrected chi connectivity index (χ0v) is 13.0. The number of benzene rings is 2. The maximum atomic E-state index is 13.2. The molecule has 0 aliphatic rings. The summed E-state index contributed by atoms with van der Waals surface area (Å²) in [5.41, 5.74) is 1.55. The highest BCUT2D eigenvalue weighted by Gasteiger charge is 2.09. The summed E-state index contributed by atoms with van der Waals surface area (Å²) in [6.07, 6.45) is 0. The van der Waals surface area contributed by atoms with Crippen molar-refractivity contribution in [3.8, 4) is 0 Å². The number of urea groups is 1. The highest BCUT2D eigenvalue weighted by atomic mass is 35.5. The van der Waals surface area contributed by atoms with E-state index in [9.17, 15) is 14.0 Å². The van der Waals surface area contributed by atoms with Crippen LogP contribution in [0.25, 0.3) is 0 Å². The van der Waals surface area contributed by atoms with Gasteiger partial charge in [0, 0.05) is 11.4 Å². The second-order valence-corrected chi connectivity index (χ2v) is 4.88. The SMILES string of the molecule is Cc1cc(NC(=O)Nc2cccc(C(=O)OCCl)c2)ccc1F. The van der Waals surface area contributed by atoms with Gasteiger partial charge in [-0.2, -0.15) is 0 Å². The van der Waals surface area contributed by atoms with Crippen LogP contribution in [0.2, 0.25) is 0 Å². The van der Waals surface area contributed by atoms with Crippen LogP contribution in [0.4, 0.5) is 20.6 Å². The summed E-state index contributed by atoms with van der Waals surface area (Å²) in [7, 11) is 0. The Morgan fingerprint density at radius 3 is 2.48 bits per heavy atom. The zero-order valence-electron chi connectivity index (χ0n) is 12.2. The average molecular weight is 337 g/mol. The predicted molar refractivity (Wildman–Crippen MR) is 86.4 cm³/mol. The number of alkyl halides is 1. The van der Waals surface area contributed by atoms with E-state index in [1.807, 2.05) is 0 Å². The molecule has 0 radical (unpaired) electrons. The first kappa shape index (κ1) is 16.8. The number of hydrogen-bond acceptors (Lipinski definition) is 3. The Morgan fingerprint density at radius 2 is 1.83 bits per heavy atom. The third kappa shape index (κ3) is 4.69. The first-order valence-corrected chi connectivity index (χ1v) is 7.20. The Hall–Kier alpha value is -2.60. The van der Waals surface area contributed by atoms with Gasteiger partial charge in [0.05, 0.1) is 5.56 Å². The van der Waals surface area contributed by atoms with Crippen LogP contribution >= 0.6 is 11.6 Å². The van der Waals surface area contributed by atoms with Gasteiger partial charge in [0.2, 0.25) is 0 Å². The Bertz CT molecular complexity index is 737. The lowest BCUT2D eigenvalue weighted by Crippen LogP contribution is -2.19. The van der Waals surface area contributed by atoms with Crippen molar-refractivity contribution in [3.05, 3.63) is 59.4 Å². The molecule has 2 N–H and O–H groups in total. The molecule has 0 unspecified atom stereocenters. The fourth-order valence-electron chi connectivity index (χ4n) is 1.87. The van der Waals surface area contributed by atoms with Crippen molar-refractivity contribution in [2.45, 2.75) is 6.92 Å². The van der Waals surface area contributed by atoms with E-state index in [0.29, 0.717) is 16.9 Å². The first-order chi connectivity index (χ1) is 11.0. The molecule has 5 nitrogen and oxygen atoms in total. The van der Waals surface area contributed by atoms with Crippen molar-refractivity contribution < 1.29 is 18.7 Å². The minimum atomic E-state index is -0.585. The van der Waals surface area contributed by atoms with Crippen molar-refractivity contribution in [1.82, 2.24) is 0 Å². The molecular formula is C16H14ClFN2O3. The van der Waals surface area contributed by atoms with Crippen molar-refractivity contribution in [3.63, 3.8) is 0 Å². The Morgan fingerprint density at radius 1 is 1.13 bits per heavy atom. The fourth-order valence-corrected chi connectivity index (χ4v) is 1.97. The van der Waals surface area contributed by atoms with E-state index >= 15 is 0 Å². The number of aryl methyl sites for hydroxylation is 1. The summed E-state index contributed by atoms with van der Waals surface area (Å²) in [4.78, 5) is 23.5. The molecule has 0 spiro atoms. The van der Waals surface area contributed by atoms with Gasteiger partial charge in [0.25, 0.3) is 0 Å². The minimum Gasteiger partial charge on any atom is -0.446 e. The van der Waals surface area contributed by atoms with E-state index in [1.165, 1.54) is 24.3 Å². The van der Waals surface area contributed by atoms with E-state index in [4.69, 9.17) is 11.6 Å². The highest BCUT2D eigenvalue weighted by Crippen LogP contribution is 2.15. The van der Waals surface area contributed by atoms with Gasteiger partial charge in [-0.25, -0.2) is 14.0 Å². The van der Waals surface area contributed by atoms with E-state index in [0.717, 1.165) is 0 Å². The van der Waals surface area contributed by atoms with Crippen LogP contribution in [0.1, 0.15) is 15.9 Å². The maximum absolute atomic E-state index is 13.2. The van der Waals surface area contributed by atoms with E-state index in [2.05, 4.69) is 15.4 Å². The molecular weight excluding hydrogens is 323 g/mol. The molecule has 2 amide bonds. The highest BCUT2D eigenvalue weighted by molar-refractivity contribution is 6.17. The molecule has 120 valence electrons. The normalized spacial score (nSPS) is 10.0. The van der Waals surface area contributed by atoms with Crippen LogP contribution < -0.4 is 10.6 Å². The quantitative estimate of drug-likeness (QED) is 0.651.